The van der Waals surface area contributed by atoms with Crippen molar-refractivity contribution in [1.29, 1.82) is 0 Å². The van der Waals surface area contributed by atoms with E-state index in [4.69, 9.17) is 5.73 Å². The Hall–Kier alpha value is -0.0966. The molecule has 0 spiro atoms. The first kappa shape index (κ1) is 6.90. The van der Waals surface area contributed by atoms with Crippen molar-refractivity contribution in [2.45, 2.75) is 6.42 Å². The summed E-state index contributed by atoms with van der Waals surface area (Å²) in [6, 6.07) is 0. The van der Waals surface area contributed by atoms with Crippen LogP contribution in [-0.4, -0.2) is 0 Å². The van der Waals surface area contributed by atoms with Crippen LogP contribution in [0.4, 0.5) is 0 Å². The number of rotatable bonds is 0. The molecule has 1 aliphatic carbocycles. The molecule has 0 unspecified atom stereocenters. The molecular weight excluding hydrogens is 175 g/mol. The van der Waals surface area contributed by atoms with Gasteiger partial charge >= 0.3 is 19.5 Å². The second-order valence-electron chi connectivity index (χ2n) is 1.24. The van der Waals surface area contributed by atoms with E-state index in [9.17, 15) is 0 Å². The van der Waals surface area contributed by atoms with Gasteiger partial charge in [-0.25, -0.2) is 6.08 Å². The standard InChI is InChI=1S/C5H6N.Ru/c6-5-3-1-2-4-5;/h1,3H,2,6H2;/q-1;+1. The van der Waals surface area contributed by atoms with E-state index < -0.39 is 0 Å². The van der Waals surface area contributed by atoms with E-state index in [0.717, 1.165) is 12.1 Å². The Bertz CT molecular complexity index is 102. The first-order valence-corrected chi connectivity index (χ1v) is 1.92. The van der Waals surface area contributed by atoms with E-state index in [1.165, 1.54) is 0 Å². The fraction of sp³-hybridized carbons (Fsp3) is 0.200. The molecule has 0 saturated heterocycles. The summed E-state index contributed by atoms with van der Waals surface area (Å²) in [6.45, 7) is 0. The molecule has 0 fully saturated rings. The van der Waals surface area contributed by atoms with Crippen molar-refractivity contribution in [3.63, 3.8) is 0 Å². The molecule has 2 heteroatoms. The van der Waals surface area contributed by atoms with Crippen LogP contribution in [0.3, 0.4) is 0 Å². The Kier molecular flexibility index (Phi) is 2.94. The summed E-state index contributed by atoms with van der Waals surface area (Å²) in [4.78, 5) is 0. The van der Waals surface area contributed by atoms with Gasteiger partial charge < -0.3 is 5.73 Å². The third kappa shape index (κ3) is 1.89. The molecule has 1 radical (unpaired) electrons. The van der Waals surface area contributed by atoms with Crippen LogP contribution in [-0.2, 0) is 19.5 Å². The number of hydrogen-bond acceptors (Lipinski definition) is 1. The Balaban J connectivity index is 0.000000360. The molecular formula is C5H6NRu. The first-order chi connectivity index (χ1) is 2.89. The summed E-state index contributed by atoms with van der Waals surface area (Å²) in [5.74, 6) is 0. The van der Waals surface area contributed by atoms with Crippen molar-refractivity contribution < 1.29 is 19.5 Å². The van der Waals surface area contributed by atoms with Gasteiger partial charge in [-0.05, 0) is 0 Å². The van der Waals surface area contributed by atoms with Crippen LogP contribution in [0.2, 0.25) is 0 Å². The zero-order chi connectivity index (χ0) is 4.41. The molecule has 1 nitrogen and oxygen atoms in total. The zero-order valence-corrected chi connectivity index (χ0v) is 5.53. The average molecular weight is 181 g/mol. The van der Waals surface area contributed by atoms with Crippen LogP contribution < -0.4 is 5.73 Å². The third-order valence-electron chi connectivity index (χ3n) is 0.721. The van der Waals surface area contributed by atoms with Gasteiger partial charge in [-0.2, -0.15) is 12.2 Å². The molecule has 1 rings (SSSR count). The van der Waals surface area contributed by atoms with Gasteiger partial charge in [-0.1, -0.05) is 0 Å². The molecule has 7 heavy (non-hydrogen) atoms. The minimum atomic E-state index is 0. The smallest absolute Gasteiger partial charge is 0.431 e. The maximum atomic E-state index is 5.25. The van der Waals surface area contributed by atoms with Crippen molar-refractivity contribution in [3.05, 3.63) is 23.9 Å². The average Bonchev–Trinajstić information content (AvgIpc) is 1.86. The maximum absolute atomic E-state index is 5.25. The van der Waals surface area contributed by atoms with E-state index in [2.05, 4.69) is 6.08 Å². The predicted octanol–water partition coefficient (Wildman–Crippen LogP) is 0.590. The Morgan fingerprint density at radius 3 is 2.57 bits per heavy atom. The molecule has 0 amide bonds. The van der Waals surface area contributed by atoms with E-state index >= 15 is 0 Å². The van der Waals surface area contributed by atoms with Gasteiger partial charge in [-0.15, -0.1) is 12.1 Å². The van der Waals surface area contributed by atoms with Crippen LogP contribution >= 0.6 is 0 Å². The van der Waals surface area contributed by atoms with Crippen molar-refractivity contribution in [3.8, 4) is 0 Å². The van der Waals surface area contributed by atoms with Crippen LogP contribution in [0.25, 0.3) is 0 Å². The minimum Gasteiger partial charge on any atom is -0.431 e. The van der Waals surface area contributed by atoms with E-state index in [1.54, 1.807) is 0 Å². The second-order valence-corrected chi connectivity index (χ2v) is 1.24. The van der Waals surface area contributed by atoms with Gasteiger partial charge in [0.15, 0.2) is 0 Å². The largest absolute Gasteiger partial charge is 1.00 e. The van der Waals surface area contributed by atoms with Crippen molar-refractivity contribution in [2.75, 3.05) is 0 Å². The SMILES string of the molecule is NC1=[C-]CC=C1.[Ru+]. The van der Waals surface area contributed by atoms with Crippen LogP contribution in [0.15, 0.2) is 17.8 Å². The van der Waals surface area contributed by atoms with Crippen LogP contribution in [0, 0.1) is 6.08 Å². The summed E-state index contributed by atoms with van der Waals surface area (Å²) >= 11 is 0. The van der Waals surface area contributed by atoms with E-state index in [-0.39, 0.29) is 19.5 Å². The van der Waals surface area contributed by atoms with Crippen LogP contribution in [0.5, 0.6) is 0 Å². The monoisotopic (exact) mass is 182 g/mol. The van der Waals surface area contributed by atoms with Gasteiger partial charge in [-0.3, -0.25) is 0 Å². The van der Waals surface area contributed by atoms with Crippen molar-refractivity contribution >= 4 is 0 Å². The summed E-state index contributed by atoms with van der Waals surface area (Å²) in [7, 11) is 0. The zero-order valence-electron chi connectivity index (χ0n) is 3.79. The molecule has 1 aliphatic rings. The molecule has 0 aromatic heterocycles. The van der Waals surface area contributed by atoms with Gasteiger partial charge in [0.05, 0.1) is 0 Å². The van der Waals surface area contributed by atoms with Gasteiger partial charge in [0.1, 0.15) is 0 Å². The fourth-order valence-electron chi connectivity index (χ4n) is 0.422. The molecule has 0 bridgehead atoms. The molecule has 0 atom stereocenters. The Morgan fingerprint density at radius 1 is 1.71 bits per heavy atom. The molecule has 0 heterocycles. The molecule has 39 valence electrons. The Labute approximate surface area is 56.0 Å². The van der Waals surface area contributed by atoms with Crippen molar-refractivity contribution in [1.82, 2.24) is 0 Å². The van der Waals surface area contributed by atoms with Crippen molar-refractivity contribution in [2.24, 2.45) is 5.73 Å². The van der Waals surface area contributed by atoms with Gasteiger partial charge in [0.25, 0.3) is 0 Å². The number of nitrogens with two attached hydrogens (primary N) is 1. The number of hydrogen-bond donors (Lipinski definition) is 1. The predicted molar refractivity (Wildman–Crippen MR) is 24.7 cm³/mol. The number of allylic oxidation sites excluding steroid dienone is 3. The second kappa shape index (κ2) is 2.98. The van der Waals surface area contributed by atoms with Crippen LogP contribution in [0.1, 0.15) is 6.42 Å². The molecule has 0 aromatic rings. The fourth-order valence-corrected chi connectivity index (χ4v) is 0.422. The summed E-state index contributed by atoms with van der Waals surface area (Å²) in [5, 5.41) is 0. The topological polar surface area (TPSA) is 26.0 Å². The maximum Gasteiger partial charge on any atom is 1.00 e. The normalized spacial score (nSPS) is 15.7. The summed E-state index contributed by atoms with van der Waals surface area (Å²) in [5.41, 5.74) is 6.03. The molecule has 0 aliphatic heterocycles. The quantitative estimate of drug-likeness (QED) is 0.429. The van der Waals surface area contributed by atoms with Gasteiger partial charge in [0.2, 0.25) is 0 Å². The minimum absolute atomic E-state index is 0. The molecule has 0 aromatic carbocycles. The summed E-state index contributed by atoms with van der Waals surface area (Å²) < 4.78 is 0. The molecule has 0 saturated carbocycles. The first-order valence-electron chi connectivity index (χ1n) is 1.92. The molecule has 2 N–H and O–H groups in total. The third-order valence-corrected chi connectivity index (χ3v) is 0.721. The van der Waals surface area contributed by atoms with E-state index in [0.29, 0.717) is 0 Å². The van der Waals surface area contributed by atoms with E-state index in [1.807, 2.05) is 12.2 Å². The van der Waals surface area contributed by atoms with Gasteiger partial charge in [0, 0.05) is 0 Å². The summed E-state index contributed by atoms with van der Waals surface area (Å²) in [6.07, 6.45) is 7.64. The Morgan fingerprint density at radius 2 is 2.43 bits per heavy atom.